The molecule has 60 valence electrons. The highest BCUT2D eigenvalue weighted by Gasteiger charge is 2.55. The molecular weight excluding hydrogens is 129 g/mol. The first kappa shape index (κ1) is 7.99. The van der Waals surface area contributed by atoms with Crippen molar-refractivity contribution in [1.29, 1.82) is 0 Å². The van der Waals surface area contributed by atoms with Crippen LogP contribution < -0.4 is 5.73 Å². The maximum absolute atomic E-state index is 11.9. The van der Waals surface area contributed by atoms with Gasteiger partial charge in [-0.1, -0.05) is 13.8 Å². The predicted molar refractivity (Wildman–Crippen MR) is 40.4 cm³/mol. The zero-order valence-electron chi connectivity index (χ0n) is 6.73. The van der Waals surface area contributed by atoms with E-state index in [4.69, 9.17) is 5.73 Å². The molecule has 2 atom stereocenters. The first-order valence-electron chi connectivity index (χ1n) is 3.90. The van der Waals surface area contributed by atoms with E-state index in [1.165, 1.54) is 0 Å². The van der Waals surface area contributed by atoms with Crippen LogP contribution in [-0.4, -0.2) is 13.2 Å². The SMILES string of the molecule is CC1(C)[C@@H](CN)[C@@H]1CCF. The maximum Gasteiger partial charge on any atom is 0.0897 e. The number of nitrogens with two attached hydrogens (primary N) is 1. The molecule has 2 heteroatoms. The van der Waals surface area contributed by atoms with E-state index in [2.05, 4.69) is 13.8 Å². The molecule has 0 radical (unpaired) electrons. The van der Waals surface area contributed by atoms with Crippen molar-refractivity contribution < 1.29 is 4.39 Å². The zero-order valence-corrected chi connectivity index (χ0v) is 6.73. The molecule has 1 nitrogen and oxygen atoms in total. The van der Waals surface area contributed by atoms with Gasteiger partial charge < -0.3 is 5.73 Å². The molecule has 0 aromatic carbocycles. The van der Waals surface area contributed by atoms with Gasteiger partial charge in [0.15, 0.2) is 0 Å². The Kier molecular flexibility index (Phi) is 1.99. The van der Waals surface area contributed by atoms with Gasteiger partial charge >= 0.3 is 0 Å². The Morgan fingerprint density at radius 2 is 2.00 bits per heavy atom. The topological polar surface area (TPSA) is 26.0 Å². The molecule has 0 saturated heterocycles. The third kappa shape index (κ3) is 1.05. The molecule has 0 aliphatic heterocycles. The van der Waals surface area contributed by atoms with Crippen molar-refractivity contribution in [2.75, 3.05) is 13.2 Å². The van der Waals surface area contributed by atoms with E-state index < -0.39 is 0 Å². The lowest BCUT2D eigenvalue weighted by Crippen LogP contribution is -2.05. The largest absolute Gasteiger partial charge is 0.330 e. The monoisotopic (exact) mass is 145 g/mol. The van der Waals surface area contributed by atoms with Crippen LogP contribution in [0.3, 0.4) is 0 Å². The lowest BCUT2D eigenvalue weighted by atomic mass is 10.1. The summed E-state index contributed by atoms with van der Waals surface area (Å²) < 4.78 is 11.9. The normalized spacial score (nSPS) is 36.0. The van der Waals surface area contributed by atoms with Crippen molar-refractivity contribution >= 4 is 0 Å². The molecule has 0 bridgehead atoms. The van der Waals surface area contributed by atoms with Gasteiger partial charge in [0.2, 0.25) is 0 Å². The molecule has 0 amide bonds. The molecule has 0 spiro atoms. The van der Waals surface area contributed by atoms with E-state index in [-0.39, 0.29) is 6.67 Å². The van der Waals surface area contributed by atoms with Gasteiger partial charge in [-0.2, -0.15) is 0 Å². The standard InChI is InChI=1S/C8H16FN/c1-8(2)6(3-4-9)7(8)5-10/h6-7H,3-5,10H2,1-2H3/t6-,7-/m0/s1. The van der Waals surface area contributed by atoms with E-state index >= 15 is 0 Å². The van der Waals surface area contributed by atoms with Crippen LogP contribution in [0.5, 0.6) is 0 Å². The van der Waals surface area contributed by atoms with E-state index in [1.807, 2.05) is 0 Å². The highest BCUT2D eigenvalue weighted by Crippen LogP contribution is 2.59. The van der Waals surface area contributed by atoms with Crippen LogP contribution in [0.2, 0.25) is 0 Å². The molecule has 10 heavy (non-hydrogen) atoms. The van der Waals surface area contributed by atoms with Crippen molar-refractivity contribution in [3.8, 4) is 0 Å². The summed E-state index contributed by atoms with van der Waals surface area (Å²) in [5.74, 6) is 1.12. The summed E-state index contributed by atoms with van der Waals surface area (Å²) >= 11 is 0. The summed E-state index contributed by atoms with van der Waals surface area (Å²) in [7, 11) is 0. The molecule has 0 aromatic rings. The summed E-state index contributed by atoms with van der Waals surface area (Å²) in [4.78, 5) is 0. The Bertz CT molecular complexity index is 122. The fourth-order valence-electron chi connectivity index (χ4n) is 2.02. The van der Waals surface area contributed by atoms with Crippen molar-refractivity contribution in [2.45, 2.75) is 20.3 Å². The van der Waals surface area contributed by atoms with Crippen LogP contribution in [-0.2, 0) is 0 Å². The molecule has 1 fully saturated rings. The molecule has 0 unspecified atom stereocenters. The molecule has 0 aromatic heterocycles. The van der Waals surface area contributed by atoms with Gasteiger partial charge in [-0.3, -0.25) is 4.39 Å². The lowest BCUT2D eigenvalue weighted by molar-refractivity contribution is 0.421. The average molecular weight is 145 g/mol. The Hall–Kier alpha value is -0.110. The minimum absolute atomic E-state index is 0.190. The van der Waals surface area contributed by atoms with Gasteiger partial charge in [0.1, 0.15) is 0 Å². The summed E-state index contributed by atoms with van der Waals surface area (Å²) in [6, 6.07) is 0. The minimum atomic E-state index is -0.190. The third-order valence-corrected chi connectivity index (χ3v) is 2.96. The van der Waals surface area contributed by atoms with Crippen LogP contribution in [0.25, 0.3) is 0 Å². The second-order valence-corrected chi connectivity index (χ2v) is 3.75. The van der Waals surface area contributed by atoms with Crippen molar-refractivity contribution in [1.82, 2.24) is 0 Å². The van der Waals surface area contributed by atoms with Crippen LogP contribution in [0.1, 0.15) is 20.3 Å². The first-order valence-corrected chi connectivity index (χ1v) is 3.90. The van der Waals surface area contributed by atoms with Crippen molar-refractivity contribution in [3.05, 3.63) is 0 Å². The molecule has 1 saturated carbocycles. The number of halogens is 1. The number of hydrogen-bond acceptors (Lipinski definition) is 1. The summed E-state index contributed by atoms with van der Waals surface area (Å²) in [5, 5.41) is 0. The Balaban J connectivity index is 2.37. The fourth-order valence-corrected chi connectivity index (χ4v) is 2.02. The van der Waals surface area contributed by atoms with Crippen LogP contribution in [0.4, 0.5) is 4.39 Å². The van der Waals surface area contributed by atoms with Gasteiger partial charge in [0.05, 0.1) is 6.67 Å². The van der Waals surface area contributed by atoms with Gasteiger partial charge in [-0.05, 0) is 30.2 Å². The molecule has 1 aliphatic rings. The highest BCUT2D eigenvalue weighted by atomic mass is 19.1. The number of hydrogen-bond donors (Lipinski definition) is 1. The summed E-state index contributed by atoms with van der Waals surface area (Å²) in [6.45, 7) is 4.87. The average Bonchev–Trinajstić information content (AvgIpc) is 2.36. The highest BCUT2D eigenvalue weighted by molar-refractivity contribution is 5.04. The van der Waals surface area contributed by atoms with Crippen LogP contribution in [0.15, 0.2) is 0 Å². The summed E-state index contributed by atoms with van der Waals surface area (Å²) in [5.41, 5.74) is 5.83. The zero-order chi connectivity index (χ0) is 7.78. The maximum atomic E-state index is 11.9. The van der Waals surface area contributed by atoms with Crippen molar-refractivity contribution in [3.63, 3.8) is 0 Å². The van der Waals surface area contributed by atoms with E-state index in [0.29, 0.717) is 23.7 Å². The molecule has 1 rings (SSSR count). The van der Waals surface area contributed by atoms with E-state index in [0.717, 1.165) is 6.54 Å². The Morgan fingerprint density at radius 3 is 2.30 bits per heavy atom. The minimum Gasteiger partial charge on any atom is -0.330 e. The lowest BCUT2D eigenvalue weighted by Gasteiger charge is -1.98. The third-order valence-electron chi connectivity index (χ3n) is 2.96. The van der Waals surface area contributed by atoms with Crippen LogP contribution in [0, 0.1) is 17.3 Å². The Morgan fingerprint density at radius 1 is 1.40 bits per heavy atom. The molecule has 0 heterocycles. The first-order chi connectivity index (χ1) is 4.64. The van der Waals surface area contributed by atoms with Gasteiger partial charge in [-0.25, -0.2) is 0 Å². The Labute approximate surface area is 61.8 Å². The smallest absolute Gasteiger partial charge is 0.0897 e. The molecule has 2 N–H and O–H groups in total. The second kappa shape index (κ2) is 2.50. The fraction of sp³-hybridized carbons (Fsp3) is 1.00. The van der Waals surface area contributed by atoms with Crippen molar-refractivity contribution in [2.24, 2.45) is 23.0 Å². The van der Waals surface area contributed by atoms with Crippen LogP contribution >= 0.6 is 0 Å². The molecular formula is C8H16FN. The second-order valence-electron chi connectivity index (χ2n) is 3.75. The van der Waals surface area contributed by atoms with Gasteiger partial charge in [0.25, 0.3) is 0 Å². The van der Waals surface area contributed by atoms with E-state index in [9.17, 15) is 4.39 Å². The molecule has 1 aliphatic carbocycles. The van der Waals surface area contributed by atoms with E-state index in [1.54, 1.807) is 0 Å². The number of rotatable bonds is 3. The quantitative estimate of drug-likeness (QED) is 0.641. The summed E-state index contributed by atoms with van der Waals surface area (Å²) in [6.07, 6.45) is 0.703. The van der Waals surface area contributed by atoms with Gasteiger partial charge in [0, 0.05) is 0 Å². The number of alkyl halides is 1. The predicted octanol–water partition coefficient (Wildman–Crippen LogP) is 1.58. The van der Waals surface area contributed by atoms with Gasteiger partial charge in [-0.15, -0.1) is 0 Å².